The molecule has 1 aromatic heterocycles. The van der Waals surface area contributed by atoms with E-state index in [0.29, 0.717) is 17.7 Å². The molecule has 0 spiro atoms. The Hall–Kier alpha value is -4.06. The quantitative estimate of drug-likeness (QED) is 0.258. The van der Waals surface area contributed by atoms with Crippen molar-refractivity contribution < 1.29 is 18.0 Å². The van der Waals surface area contributed by atoms with Gasteiger partial charge in [-0.1, -0.05) is 42.0 Å². The normalized spacial score (nSPS) is 13.2. The lowest BCUT2D eigenvalue weighted by molar-refractivity contribution is -0.118. The van der Waals surface area contributed by atoms with Gasteiger partial charge < -0.3 is 0 Å². The van der Waals surface area contributed by atoms with Gasteiger partial charge in [-0.2, -0.15) is 0 Å². The topological polar surface area (TPSA) is 42.9 Å². The number of fused-ring (bicyclic) bond motifs is 1. The van der Waals surface area contributed by atoms with E-state index in [-0.39, 0.29) is 30.9 Å². The van der Waals surface area contributed by atoms with Gasteiger partial charge in [0.2, 0.25) is 0 Å². The van der Waals surface area contributed by atoms with Crippen LogP contribution < -0.4 is 0 Å². The number of carbonyl (C=O) groups excluding carboxylic acids is 1. The van der Waals surface area contributed by atoms with E-state index >= 15 is 0 Å². The number of carbonyl (C=O) groups is 1. The van der Waals surface area contributed by atoms with E-state index < -0.39 is 17.6 Å². The molecule has 1 aliphatic rings. The Morgan fingerprint density at radius 3 is 2.43 bits per heavy atom. The van der Waals surface area contributed by atoms with Gasteiger partial charge in [0.05, 0.1) is 5.69 Å². The van der Waals surface area contributed by atoms with Crippen molar-refractivity contribution in [3.05, 3.63) is 125 Å². The van der Waals surface area contributed by atoms with Crippen LogP contribution in [-0.2, 0) is 17.6 Å². The van der Waals surface area contributed by atoms with Gasteiger partial charge in [0.1, 0.15) is 29.6 Å². The summed E-state index contributed by atoms with van der Waals surface area (Å²) in [5.74, 6) is -2.18. The highest BCUT2D eigenvalue weighted by Crippen LogP contribution is 2.35. The first kappa shape index (κ1) is 24.6. The van der Waals surface area contributed by atoms with Crippen LogP contribution in [0.4, 0.5) is 13.2 Å². The average molecular weight is 499 g/mol. The van der Waals surface area contributed by atoms with E-state index in [1.807, 2.05) is 37.3 Å². The number of halogens is 3. The molecule has 0 radical (unpaired) electrons. The number of hydrogen-bond acceptors (Lipinski definition) is 3. The second-order valence-electron chi connectivity index (χ2n) is 9.52. The monoisotopic (exact) mass is 498 g/mol. The van der Waals surface area contributed by atoms with Crippen molar-refractivity contribution in [1.29, 1.82) is 0 Å². The van der Waals surface area contributed by atoms with Crippen LogP contribution in [0, 0.1) is 24.4 Å². The molecule has 4 aromatic rings. The Balaban J connectivity index is 1.47. The maximum absolute atomic E-state index is 14.0. The predicted octanol–water partition coefficient (Wildman–Crippen LogP) is 7.18. The number of rotatable bonds is 8. The van der Waals surface area contributed by atoms with Crippen molar-refractivity contribution in [2.75, 3.05) is 0 Å². The molecule has 3 nitrogen and oxygen atoms in total. The first-order valence-electron chi connectivity index (χ1n) is 12.2. The third-order valence-corrected chi connectivity index (χ3v) is 6.74. The van der Waals surface area contributed by atoms with Crippen LogP contribution in [0.1, 0.15) is 46.7 Å². The smallest absolute Gasteiger partial charge is 0.137 e. The first-order valence-corrected chi connectivity index (χ1v) is 12.2. The van der Waals surface area contributed by atoms with Crippen molar-refractivity contribution >= 4 is 11.4 Å². The lowest BCUT2D eigenvalue weighted by Crippen LogP contribution is -2.13. The summed E-state index contributed by atoms with van der Waals surface area (Å²) in [5.41, 5.74) is 6.41. The van der Waals surface area contributed by atoms with Gasteiger partial charge >= 0.3 is 0 Å². The molecule has 1 aliphatic carbocycles. The zero-order valence-corrected chi connectivity index (χ0v) is 20.3. The summed E-state index contributed by atoms with van der Waals surface area (Å²) in [6.45, 7) is 1.99. The number of Topliss-reactive ketones (excluding diaryl/α,β-unsaturated/α-hetero) is 1. The van der Waals surface area contributed by atoms with E-state index in [1.165, 1.54) is 30.6 Å². The number of benzene rings is 3. The summed E-state index contributed by atoms with van der Waals surface area (Å²) < 4.78 is 41.9. The highest BCUT2D eigenvalue weighted by atomic mass is 19.1. The minimum atomic E-state index is -0.670. The molecule has 0 unspecified atom stereocenters. The average Bonchev–Trinajstić information content (AvgIpc) is 3.25. The highest BCUT2D eigenvalue weighted by molar-refractivity contribution is 5.92. The van der Waals surface area contributed by atoms with Gasteiger partial charge in [-0.05, 0) is 71.9 Å². The summed E-state index contributed by atoms with van der Waals surface area (Å²) in [6.07, 6.45) is 6.23. The van der Waals surface area contributed by atoms with Gasteiger partial charge in [-0.15, -0.1) is 0 Å². The van der Waals surface area contributed by atoms with Gasteiger partial charge in [-0.3, -0.25) is 4.79 Å². The highest BCUT2D eigenvalue weighted by Gasteiger charge is 2.25. The summed E-state index contributed by atoms with van der Waals surface area (Å²) in [5, 5.41) is 0. The Morgan fingerprint density at radius 2 is 1.68 bits per heavy atom. The second-order valence-corrected chi connectivity index (χ2v) is 9.52. The SMILES string of the molecule is Cc1ccc(-c2cncnc2[C@@H](CC(=O)CC2=CCc3ccc(F)cc32)Cc2cc(F)cc(F)c2)cc1. The Kier molecular flexibility index (Phi) is 6.99. The molecule has 37 heavy (non-hydrogen) atoms. The predicted molar refractivity (Wildman–Crippen MR) is 137 cm³/mol. The number of ketones is 1. The van der Waals surface area contributed by atoms with Gasteiger partial charge in [0, 0.05) is 36.6 Å². The summed E-state index contributed by atoms with van der Waals surface area (Å²) >= 11 is 0. The van der Waals surface area contributed by atoms with E-state index in [1.54, 1.807) is 12.3 Å². The lowest BCUT2D eigenvalue weighted by atomic mass is 9.86. The molecule has 1 heterocycles. The molecular formula is C31H25F3N2O. The minimum absolute atomic E-state index is 0.0568. The molecule has 0 N–H and O–H groups in total. The molecule has 1 atom stereocenters. The van der Waals surface area contributed by atoms with Crippen LogP contribution in [-0.4, -0.2) is 15.8 Å². The molecule has 6 heteroatoms. The Bertz CT molecular complexity index is 1470. The Morgan fingerprint density at radius 1 is 0.919 bits per heavy atom. The molecule has 0 amide bonds. The third kappa shape index (κ3) is 5.69. The van der Waals surface area contributed by atoms with Crippen molar-refractivity contribution in [3.63, 3.8) is 0 Å². The molecule has 0 bridgehead atoms. The maximum Gasteiger partial charge on any atom is 0.137 e. The molecule has 0 saturated carbocycles. The fourth-order valence-electron chi connectivity index (χ4n) is 4.99. The third-order valence-electron chi connectivity index (χ3n) is 6.74. The molecule has 0 fully saturated rings. The molecule has 186 valence electrons. The fourth-order valence-corrected chi connectivity index (χ4v) is 4.99. The zero-order chi connectivity index (χ0) is 25.9. The standard InChI is InChI=1S/C31H25F3N2O/c1-19-2-4-22(5-3-19)30-17-35-18-36-31(30)24(10-20-11-26(33)15-27(34)12-20)14-28(37)13-23-7-6-21-8-9-25(32)16-29(21)23/h2-5,7-9,11-12,15-18,24H,6,10,13-14H2,1H3/t24-/m1/s1. The summed E-state index contributed by atoms with van der Waals surface area (Å²) in [4.78, 5) is 22.1. The zero-order valence-electron chi connectivity index (χ0n) is 20.3. The minimum Gasteiger partial charge on any atom is -0.299 e. The number of allylic oxidation sites excluding steroid dienone is 2. The van der Waals surface area contributed by atoms with Crippen molar-refractivity contribution in [3.8, 4) is 11.1 Å². The van der Waals surface area contributed by atoms with Crippen molar-refractivity contribution in [1.82, 2.24) is 9.97 Å². The van der Waals surface area contributed by atoms with Crippen LogP contribution in [0.5, 0.6) is 0 Å². The van der Waals surface area contributed by atoms with Gasteiger partial charge in [0.25, 0.3) is 0 Å². The van der Waals surface area contributed by atoms with Crippen LogP contribution in [0.3, 0.4) is 0 Å². The lowest BCUT2D eigenvalue weighted by Gasteiger charge is -2.20. The van der Waals surface area contributed by atoms with Gasteiger partial charge in [0.15, 0.2) is 0 Å². The van der Waals surface area contributed by atoms with Crippen LogP contribution in [0.2, 0.25) is 0 Å². The van der Waals surface area contributed by atoms with Crippen LogP contribution in [0.25, 0.3) is 16.7 Å². The van der Waals surface area contributed by atoms with E-state index in [9.17, 15) is 18.0 Å². The van der Waals surface area contributed by atoms with Crippen molar-refractivity contribution in [2.45, 2.75) is 38.5 Å². The van der Waals surface area contributed by atoms with E-state index in [0.717, 1.165) is 39.5 Å². The number of hydrogen-bond donors (Lipinski definition) is 0. The Labute approximate surface area is 213 Å². The van der Waals surface area contributed by atoms with E-state index in [2.05, 4.69) is 9.97 Å². The van der Waals surface area contributed by atoms with Gasteiger partial charge in [-0.25, -0.2) is 23.1 Å². The van der Waals surface area contributed by atoms with E-state index in [4.69, 9.17) is 0 Å². The molecule has 0 saturated heterocycles. The number of nitrogens with zero attached hydrogens (tertiary/aromatic N) is 2. The van der Waals surface area contributed by atoms with Crippen LogP contribution in [0.15, 0.2) is 79.3 Å². The fraction of sp³-hybridized carbons (Fsp3) is 0.194. The molecule has 5 rings (SSSR count). The number of aromatic nitrogens is 2. The maximum atomic E-state index is 14.0. The number of aryl methyl sites for hydroxylation is 1. The first-order chi connectivity index (χ1) is 17.9. The largest absolute Gasteiger partial charge is 0.299 e. The van der Waals surface area contributed by atoms with Crippen LogP contribution >= 0.6 is 0 Å². The summed E-state index contributed by atoms with van der Waals surface area (Å²) in [7, 11) is 0. The molecule has 0 aliphatic heterocycles. The van der Waals surface area contributed by atoms with Crippen molar-refractivity contribution in [2.24, 2.45) is 0 Å². The summed E-state index contributed by atoms with van der Waals surface area (Å²) in [6, 6.07) is 15.9. The molecular weight excluding hydrogens is 473 g/mol. The second kappa shape index (κ2) is 10.5. The molecule has 3 aromatic carbocycles.